The lowest BCUT2D eigenvalue weighted by atomic mass is 10.1. The van der Waals surface area contributed by atoms with Crippen LogP contribution in [0.15, 0.2) is 47.1 Å². The molecule has 0 aliphatic heterocycles. The molecule has 1 atom stereocenters. The van der Waals surface area contributed by atoms with Crippen LogP contribution in [0, 0.1) is 0 Å². The van der Waals surface area contributed by atoms with Crippen LogP contribution in [0.5, 0.6) is 0 Å². The van der Waals surface area contributed by atoms with Crippen LogP contribution in [-0.4, -0.2) is 40.7 Å². The summed E-state index contributed by atoms with van der Waals surface area (Å²) in [6, 6.07) is -1.25. The van der Waals surface area contributed by atoms with Crippen molar-refractivity contribution in [3.05, 3.63) is 47.1 Å². The lowest BCUT2D eigenvalue weighted by Gasteiger charge is -2.12. The van der Waals surface area contributed by atoms with Gasteiger partial charge in [-0.3, -0.25) is 4.79 Å². The van der Waals surface area contributed by atoms with Crippen molar-refractivity contribution in [3.63, 3.8) is 0 Å². The molecule has 30 heavy (non-hydrogen) atoms. The SMILES string of the molecule is CC(C)=CCCC(C)=CCCC(C)=CCSC[C@H](NC(=O)C=CC(F)(F)F)C(=O)O. The summed E-state index contributed by atoms with van der Waals surface area (Å²) in [6.45, 7) is 8.30. The molecule has 0 aromatic rings. The number of hydrogen-bond donors (Lipinski definition) is 2. The van der Waals surface area contributed by atoms with E-state index in [-0.39, 0.29) is 11.8 Å². The van der Waals surface area contributed by atoms with E-state index in [4.69, 9.17) is 5.11 Å². The van der Waals surface area contributed by atoms with E-state index in [1.807, 2.05) is 13.0 Å². The Balaban J connectivity index is 4.32. The first kappa shape index (κ1) is 28.0. The molecule has 0 radical (unpaired) electrons. The Bertz CT molecular complexity index is 676. The van der Waals surface area contributed by atoms with Crippen molar-refractivity contribution < 1.29 is 27.9 Å². The molecule has 0 rings (SSSR count). The Labute approximate surface area is 181 Å². The van der Waals surface area contributed by atoms with Gasteiger partial charge < -0.3 is 10.4 Å². The number of carbonyl (C=O) groups excluding carboxylic acids is 1. The van der Waals surface area contributed by atoms with Crippen molar-refractivity contribution in [1.82, 2.24) is 5.32 Å². The second-order valence-corrected chi connectivity index (χ2v) is 8.35. The van der Waals surface area contributed by atoms with Crippen LogP contribution < -0.4 is 5.32 Å². The number of hydrogen-bond acceptors (Lipinski definition) is 3. The number of carboxylic acids is 1. The smallest absolute Gasteiger partial charge is 0.409 e. The highest BCUT2D eigenvalue weighted by atomic mass is 32.2. The van der Waals surface area contributed by atoms with Crippen molar-refractivity contribution in [2.45, 2.75) is 65.6 Å². The molecule has 0 aliphatic rings. The van der Waals surface area contributed by atoms with E-state index in [2.05, 4.69) is 38.2 Å². The minimum Gasteiger partial charge on any atom is -0.480 e. The predicted molar refractivity (Wildman–Crippen MR) is 117 cm³/mol. The van der Waals surface area contributed by atoms with E-state index in [1.165, 1.54) is 28.5 Å². The van der Waals surface area contributed by atoms with Gasteiger partial charge in [-0.15, -0.1) is 0 Å². The summed E-state index contributed by atoms with van der Waals surface area (Å²) < 4.78 is 36.2. The first-order valence-corrected chi connectivity index (χ1v) is 10.9. The summed E-state index contributed by atoms with van der Waals surface area (Å²) in [4.78, 5) is 22.6. The Morgan fingerprint density at radius 2 is 1.57 bits per heavy atom. The van der Waals surface area contributed by atoms with Gasteiger partial charge in [-0.05, 0) is 53.4 Å². The molecule has 2 N–H and O–H groups in total. The number of amides is 1. The van der Waals surface area contributed by atoms with Gasteiger partial charge in [0.05, 0.1) is 0 Å². The maximum atomic E-state index is 12.1. The second kappa shape index (κ2) is 14.9. The van der Waals surface area contributed by atoms with Gasteiger partial charge in [0.1, 0.15) is 6.04 Å². The molecule has 0 unspecified atom stereocenters. The average Bonchev–Trinajstić information content (AvgIpc) is 2.61. The van der Waals surface area contributed by atoms with E-state index in [1.54, 1.807) is 0 Å². The summed E-state index contributed by atoms with van der Waals surface area (Å²) in [5.74, 6) is -1.74. The van der Waals surface area contributed by atoms with E-state index in [0.717, 1.165) is 25.7 Å². The standard InChI is InChI=1S/C22H32F3NO3S/c1-16(2)7-5-8-17(3)9-6-10-18(4)12-14-30-15-19(21(28)29)26-20(27)11-13-22(23,24)25/h7,9,11-13,19H,5-6,8,10,14-15H2,1-4H3,(H,26,27)(H,28,29)/t19-/m0/s1. The molecule has 0 saturated heterocycles. The highest BCUT2D eigenvalue weighted by Gasteiger charge is 2.24. The van der Waals surface area contributed by atoms with Gasteiger partial charge in [0.25, 0.3) is 0 Å². The van der Waals surface area contributed by atoms with Crippen LogP contribution in [0.2, 0.25) is 0 Å². The number of halogens is 3. The number of carboxylic acid groups (broad SMARTS) is 1. The summed E-state index contributed by atoms with van der Waals surface area (Å²) in [7, 11) is 0. The van der Waals surface area contributed by atoms with Crippen molar-refractivity contribution in [1.29, 1.82) is 0 Å². The zero-order valence-electron chi connectivity index (χ0n) is 18.0. The van der Waals surface area contributed by atoms with E-state index < -0.39 is 24.1 Å². The monoisotopic (exact) mass is 447 g/mol. The van der Waals surface area contributed by atoms with Crippen molar-refractivity contribution in [2.24, 2.45) is 0 Å². The van der Waals surface area contributed by atoms with Gasteiger partial charge in [0.2, 0.25) is 5.91 Å². The molecule has 0 heterocycles. The highest BCUT2D eigenvalue weighted by Crippen LogP contribution is 2.16. The fraction of sp³-hybridized carbons (Fsp3) is 0.545. The lowest BCUT2D eigenvalue weighted by molar-refractivity contribution is -0.140. The molecule has 0 aromatic carbocycles. The molecular weight excluding hydrogens is 415 g/mol. The van der Waals surface area contributed by atoms with Crippen molar-refractivity contribution in [2.75, 3.05) is 11.5 Å². The van der Waals surface area contributed by atoms with E-state index in [9.17, 15) is 22.8 Å². The maximum absolute atomic E-state index is 12.1. The number of nitrogens with one attached hydrogen (secondary N) is 1. The Morgan fingerprint density at radius 3 is 2.10 bits per heavy atom. The molecule has 4 nitrogen and oxygen atoms in total. The van der Waals surface area contributed by atoms with Crippen LogP contribution in [0.4, 0.5) is 13.2 Å². The first-order valence-electron chi connectivity index (χ1n) is 9.72. The maximum Gasteiger partial charge on any atom is 0.409 e. The molecule has 0 fully saturated rings. The second-order valence-electron chi connectivity index (χ2n) is 7.27. The van der Waals surface area contributed by atoms with Gasteiger partial charge in [-0.2, -0.15) is 24.9 Å². The Morgan fingerprint density at radius 1 is 1.00 bits per heavy atom. The predicted octanol–water partition coefficient (Wildman–Crippen LogP) is 5.83. The van der Waals surface area contributed by atoms with Crippen LogP contribution in [-0.2, 0) is 9.59 Å². The Hall–Kier alpha value is -1.96. The minimum atomic E-state index is -4.62. The lowest BCUT2D eigenvalue weighted by Crippen LogP contribution is -2.42. The third-order valence-corrected chi connectivity index (χ3v) is 4.97. The largest absolute Gasteiger partial charge is 0.480 e. The fourth-order valence-corrected chi connectivity index (χ4v) is 3.29. The molecule has 0 spiro atoms. The normalized spacial score (nSPS) is 14.0. The summed E-state index contributed by atoms with van der Waals surface area (Å²) in [5.41, 5.74) is 3.86. The molecule has 8 heteroatoms. The van der Waals surface area contributed by atoms with Gasteiger partial charge >= 0.3 is 12.1 Å². The quantitative estimate of drug-likeness (QED) is 0.212. The molecule has 0 saturated carbocycles. The number of carbonyl (C=O) groups is 2. The number of thioether (sulfide) groups is 1. The number of aliphatic carboxylic acids is 1. The number of rotatable bonds is 13. The topological polar surface area (TPSA) is 66.4 Å². The van der Waals surface area contributed by atoms with Gasteiger partial charge in [-0.1, -0.05) is 34.9 Å². The van der Waals surface area contributed by atoms with Crippen molar-refractivity contribution in [3.8, 4) is 0 Å². The third kappa shape index (κ3) is 16.9. The summed E-state index contributed by atoms with van der Waals surface area (Å²) in [5, 5.41) is 11.2. The zero-order chi connectivity index (χ0) is 23.2. The average molecular weight is 448 g/mol. The fourth-order valence-electron chi connectivity index (χ4n) is 2.29. The zero-order valence-corrected chi connectivity index (χ0v) is 18.8. The van der Waals surface area contributed by atoms with Crippen molar-refractivity contribution >= 4 is 23.6 Å². The van der Waals surface area contributed by atoms with Crippen LogP contribution in [0.1, 0.15) is 53.4 Å². The van der Waals surface area contributed by atoms with Crippen LogP contribution in [0.3, 0.4) is 0 Å². The van der Waals surface area contributed by atoms with Gasteiger partial charge in [0, 0.05) is 23.7 Å². The first-order chi connectivity index (χ1) is 13.9. The molecule has 170 valence electrons. The minimum absolute atomic E-state index is 0.0636. The molecular formula is C22H32F3NO3S. The molecule has 0 aliphatic carbocycles. The molecule has 0 aromatic heterocycles. The highest BCUT2D eigenvalue weighted by molar-refractivity contribution is 7.99. The van der Waals surface area contributed by atoms with Crippen LogP contribution >= 0.6 is 11.8 Å². The third-order valence-electron chi connectivity index (χ3n) is 4.00. The van der Waals surface area contributed by atoms with Gasteiger partial charge in [0.15, 0.2) is 0 Å². The number of allylic oxidation sites excluding steroid dienone is 6. The van der Waals surface area contributed by atoms with E-state index >= 15 is 0 Å². The number of alkyl halides is 3. The summed E-state index contributed by atoms with van der Waals surface area (Å²) in [6.07, 6.45) is 5.83. The summed E-state index contributed by atoms with van der Waals surface area (Å²) >= 11 is 1.30. The van der Waals surface area contributed by atoms with Crippen LogP contribution in [0.25, 0.3) is 0 Å². The Kier molecular flexibility index (Phi) is 14.0. The van der Waals surface area contributed by atoms with Gasteiger partial charge in [-0.25, -0.2) is 4.79 Å². The van der Waals surface area contributed by atoms with E-state index in [0.29, 0.717) is 11.8 Å². The molecule has 0 bridgehead atoms. The molecule has 1 amide bonds.